The minimum Gasteiger partial charge on any atom is -0.399 e. The van der Waals surface area contributed by atoms with Crippen molar-refractivity contribution in [2.75, 3.05) is 5.73 Å². The molecule has 0 saturated heterocycles. The molecular weight excluding hydrogens is 358 g/mol. The molecule has 0 aromatic heterocycles. The third kappa shape index (κ3) is 5.12. The molecule has 0 heterocycles. The van der Waals surface area contributed by atoms with Gasteiger partial charge in [0.25, 0.3) is 11.8 Å². The van der Waals surface area contributed by atoms with Gasteiger partial charge in [0.05, 0.1) is 0 Å². The molecule has 0 aliphatic rings. The van der Waals surface area contributed by atoms with Crippen LogP contribution in [0.15, 0.2) is 48.5 Å². The van der Waals surface area contributed by atoms with Crippen LogP contribution in [0.5, 0.6) is 0 Å². The first kappa shape index (κ1) is 20.5. The second-order valence-electron chi connectivity index (χ2n) is 5.96. The Balaban J connectivity index is 2.07. The van der Waals surface area contributed by atoms with E-state index in [2.05, 4.69) is 23.7 Å². The van der Waals surface area contributed by atoms with Crippen LogP contribution >= 0.6 is 0 Å². The molecule has 0 spiro atoms. The minimum atomic E-state index is -2.56. The van der Waals surface area contributed by atoms with Gasteiger partial charge in [-0.15, -0.1) is 0 Å². The van der Waals surface area contributed by atoms with Crippen LogP contribution in [0, 0.1) is 23.7 Å². The number of rotatable bonds is 4. The SMILES string of the molecule is CC(O)C(O)(NC(=O)c1ccc(C#CC#Cc2ccc(N)cc2)cc1)C(N)=O. The lowest BCUT2D eigenvalue weighted by atomic mass is 10.1. The van der Waals surface area contributed by atoms with Crippen LogP contribution in [0.3, 0.4) is 0 Å². The summed E-state index contributed by atoms with van der Waals surface area (Å²) in [6, 6.07) is 13.1. The zero-order valence-electron chi connectivity index (χ0n) is 15.1. The van der Waals surface area contributed by atoms with E-state index in [1.54, 1.807) is 36.4 Å². The number of nitrogens with one attached hydrogen (secondary N) is 1. The van der Waals surface area contributed by atoms with Crippen LogP contribution in [0.2, 0.25) is 0 Å². The van der Waals surface area contributed by atoms with Crippen molar-refractivity contribution >= 4 is 17.5 Å². The van der Waals surface area contributed by atoms with Gasteiger partial charge in [0.2, 0.25) is 5.72 Å². The number of anilines is 1. The van der Waals surface area contributed by atoms with E-state index in [4.69, 9.17) is 11.5 Å². The number of aliphatic hydroxyl groups excluding tert-OH is 1. The molecule has 7 heteroatoms. The summed E-state index contributed by atoms with van der Waals surface area (Å²) in [5.41, 5.74) is 10.3. The fourth-order valence-corrected chi connectivity index (χ4v) is 2.10. The topological polar surface area (TPSA) is 139 Å². The van der Waals surface area contributed by atoms with Gasteiger partial charge in [-0.2, -0.15) is 0 Å². The predicted octanol–water partition coefficient (Wildman–Crippen LogP) is -0.0435. The van der Waals surface area contributed by atoms with E-state index < -0.39 is 23.6 Å². The standard InChI is InChI=1S/C21H19N3O4/c1-14(25)21(28,20(23)27)24-19(26)17-10-6-15(7-11-17)4-2-3-5-16-8-12-18(22)13-9-16/h6-14,25,28H,22H2,1H3,(H2,23,27)(H,24,26). The van der Waals surface area contributed by atoms with Crippen LogP contribution in [-0.2, 0) is 4.79 Å². The maximum atomic E-state index is 12.2. The Hall–Kier alpha value is -3.78. The average Bonchev–Trinajstić information content (AvgIpc) is 2.66. The molecular formula is C21H19N3O4. The Morgan fingerprint density at radius 3 is 1.89 bits per heavy atom. The molecule has 142 valence electrons. The van der Waals surface area contributed by atoms with E-state index in [-0.39, 0.29) is 5.56 Å². The quantitative estimate of drug-likeness (QED) is 0.289. The molecule has 28 heavy (non-hydrogen) atoms. The van der Waals surface area contributed by atoms with Gasteiger partial charge in [-0.3, -0.25) is 9.59 Å². The number of carbonyl (C=O) groups excluding carboxylic acids is 2. The van der Waals surface area contributed by atoms with Gasteiger partial charge in [-0.1, -0.05) is 11.8 Å². The van der Waals surface area contributed by atoms with Gasteiger partial charge < -0.3 is 27.0 Å². The number of hydrogen-bond donors (Lipinski definition) is 5. The number of aliphatic hydroxyl groups is 2. The van der Waals surface area contributed by atoms with Gasteiger partial charge in [-0.05, 0) is 67.3 Å². The van der Waals surface area contributed by atoms with E-state index in [1.807, 2.05) is 5.32 Å². The Morgan fingerprint density at radius 1 is 1.00 bits per heavy atom. The normalized spacial score (nSPS) is 13.0. The van der Waals surface area contributed by atoms with Crippen molar-refractivity contribution in [1.29, 1.82) is 0 Å². The number of primary amides is 1. The summed E-state index contributed by atoms with van der Waals surface area (Å²) in [6.07, 6.45) is -1.58. The van der Waals surface area contributed by atoms with Crippen molar-refractivity contribution in [1.82, 2.24) is 5.32 Å². The summed E-state index contributed by atoms with van der Waals surface area (Å²) in [5, 5.41) is 21.5. The zero-order valence-corrected chi connectivity index (χ0v) is 15.1. The number of hydrogen-bond acceptors (Lipinski definition) is 5. The fraction of sp³-hybridized carbons (Fsp3) is 0.143. The van der Waals surface area contributed by atoms with Crippen LogP contribution in [-0.4, -0.2) is 33.9 Å². The molecule has 0 aliphatic carbocycles. The molecule has 0 bridgehead atoms. The van der Waals surface area contributed by atoms with Crippen molar-refractivity contribution in [3.8, 4) is 23.7 Å². The average molecular weight is 377 g/mol. The predicted molar refractivity (Wildman–Crippen MR) is 104 cm³/mol. The molecule has 2 rings (SSSR count). The highest BCUT2D eigenvalue weighted by Gasteiger charge is 2.41. The highest BCUT2D eigenvalue weighted by Crippen LogP contribution is 2.10. The minimum absolute atomic E-state index is 0.152. The van der Waals surface area contributed by atoms with E-state index in [9.17, 15) is 19.8 Å². The maximum Gasteiger partial charge on any atom is 0.273 e. The lowest BCUT2D eigenvalue weighted by molar-refractivity contribution is -0.151. The van der Waals surface area contributed by atoms with Crippen molar-refractivity contribution in [2.24, 2.45) is 5.73 Å². The van der Waals surface area contributed by atoms with Crippen LogP contribution in [0.4, 0.5) is 5.69 Å². The molecule has 0 saturated carbocycles. The molecule has 2 unspecified atom stereocenters. The molecule has 2 aromatic carbocycles. The highest BCUT2D eigenvalue weighted by atomic mass is 16.4. The van der Waals surface area contributed by atoms with Gasteiger partial charge in [0.15, 0.2) is 0 Å². The first-order valence-electron chi connectivity index (χ1n) is 8.23. The summed E-state index contributed by atoms with van der Waals surface area (Å²) in [5.74, 6) is 9.10. The monoisotopic (exact) mass is 377 g/mol. The lowest BCUT2D eigenvalue weighted by Crippen LogP contribution is -2.63. The van der Waals surface area contributed by atoms with Crippen LogP contribution in [0.25, 0.3) is 0 Å². The number of amides is 2. The molecule has 0 fully saturated rings. The molecule has 0 aliphatic heterocycles. The molecule has 0 radical (unpaired) electrons. The second kappa shape index (κ2) is 8.74. The summed E-state index contributed by atoms with van der Waals surface area (Å²) in [6.45, 7) is 1.13. The molecule has 2 amide bonds. The zero-order chi connectivity index (χ0) is 20.7. The van der Waals surface area contributed by atoms with E-state index in [0.717, 1.165) is 12.5 Å². The largest absolute Gasteiger partial charge is 0.399 e. The van der Waals surface area contributed by atoms with Crippen LogP contribution in [0.1, 0.15) is 28.4 Å². The van der Waals surface area contributed by atoms with Gasteiger partial charge in [0.1, 0.15) is 6.10 Å². The van der Waals surface area contributed by atoms with Crippen molar-refractivity contribution in [2.45, 2.75) is 18.8 Å². The summed E-state index contributed by atoms with van der Waals surface area (Å²) in [7, 11) is 0. The number of nitrogen functional groups attached to an aromatic ring is 1. The van der Waals surface area contributed by atoms with E-state index >= 15 is 0 Å². The lowest BCUT2D eigenvalue weighted by Gasteiger charge is -2.28. The summed E-state index contributed by atoms with van der Waals surface area (Å²) >= 11 is 0. The first-order valence-corrected chi connectivity index (χ1v) is 8.23. The number of carbonyl (C=O) groups is 2. The van der Waals surface area contributed by atoms with Crippen LogP contribution < -0.4 is 16.8 Å². The van der Waals surface area contributed by atoms with Crippen molar-refractivity contribution in [3.05, 3.63) is 65.2 Å². The summed E-state index contributed by atoms with van der Waals surface area (Å²) < 4.78 is 0. The highest BCUT2D eigenvalue weighted by molar-refractivity contribution is 5.98. The van der Waals surface area contributed by atoms with Crippen molar-refractivity contribution in [3.63, 3.8) is 0 Å². The van der Waals surface area contributed by atoms with E-state index in [0.29, 0.717) is 11.3 Å². The first-order chi connectivity index (χ1) is 13.2. The summed E-state index contributed by atoms with van der Waals surface area (Å²) in [4.78, 5) is 23.5. The molecule has 7 nitrogen and oxygen atoms in total. The molecule has 7 N–H and O–H groups in total. The Morgan fingerprint density at radius 2 is 1.46 bits per heavy atom. The van der Waals surface area contributed by atoms with Crippen molar-refractivity contribution < 1.29 is 19.8 Å². The molecule has 2 atom stereocenters. The molecule has 2 aromatic rings. The Labute approximate surface area is 162 Å². The maximum absolute atomic E-state index is 12.2. The Bertz CT molecular complexity index is 990. The van der Waals surface area contributed by atoms with Gasteiger partial charge in [0, 0.05) is 22.4 Å². The number of benzene rings is 2. The van der Waals surface area contributed by atoms with Gasteiger partial charge >= 0.3 is 0 Å². The third-order valence-corrected chi connectivity index (χ3v) is 3.82. The number of nitrogens with two attached hydrogens (primary N) is 2. The van der Waals surface area contributed by atoms with Gasteiger partial charge in [-0.25, -0.2) is 0 Å². The Kier molecular flexibility index (Phi) is 6.41. The second-order valence-corrected chi connectivity index (χ2v) is 5.96. The third-order valence-electron chi connectivity index (χ3n) is 3.82. The smallest absolute Gasteiger partial charge is 0.273 e. The van der Waals surface area contributed by atoms with E-state index in [1.165, 1.54) is 12.1 Å². The fourth-order valence-electron chi connectivity index (χ4n) is 2.10.